The lowest BCUT2D eigenvalue weighted by molar-refractivity contribution is 0.410. The molecule has 0 saturated heterocycles. The maximum absolute atomic E-state index is 5.87. The van der Waals surface area contributed by atoms with Crippen LogP contribution in [0.2, 0.25) is 0 Å². The average Bonchev–Trinajstić information content (AvgIpc) is 2.64. The summed E-state index contributed by atoms with van der Waals surface area (Å²) in [4.78, 5) is 0. The Morgan fingerprint density at radius 3 is 2.88 bits per heavy atom. The maximum atomic E-state index is 5.87. The van der Waals surface area contributed by atoms with E-state index in [0.717, 1.165) is 25.0 Å². The van der Waals surface area contributed by atoms with E-state index in [4.69, 9.17) is 10.5 Å². The van der Waals surface area contributed by atoms with E-state index in [1.807, 2.05) is 6.07 Å². The summed E-state index contributed by atoms with van der Waals surface area (Å²) < 4.78 is 5.38. The Hall–Kier alpha value is -1.28. The monoisotopic (exact) mass is 217 g/mol. The predicted octanol–water partition coefficient (Wildman–Crippen LogP) is 2.59. The first kappa shape index (κ1) is 11.2. The molecule has 86 valence electrons. The molecule has 0 spiro atoms. The minimum Gasteiger partial charge on any atom is -0.496 e. The highest BCUT2D eigenvalue weighted by Crippen LogP contribution is 2.27. The van der Waals surface area contributed by atoms with Crippen molar-refractivity contribution in [2.45, 2.75) is 32.2 Å². The molecule has 1 aromatic rings. The van der Waals surface area contributed by atoms with Crippen molar-refractivity contribution in [2.75, 3.05) is 7.11 Å². The van der Waals surface area contributed by atoms with Crippen molar-refractivity contribution in [1.29, 1.82) is 0 Å². The SMILES string of the molecule is COc1ccc(C)cc1CC1=CC(N)CC1. The van der Waals surface area contributed by atoms with E-state index < -0.39 is 0 Å². The van der Waals surface area contributed by atoms with Gasteiger partial charge in [-0.1, -0.05) is 29.3 Å². The molecule has 2 heteroatoms. The lowest BCUT2D eigenvalue weighted by Crippen LogP contribution is -2.11. The van der Waals surface area contributed by atoms with Gasteiger partial charge in [-0.25, -0.2) is 0 Å². The van der Waals surface area contributed by atoms with Crippen LogP contribution in [0.15, 0.2) is 29.8 Å². The molecule has 1 aliphatic carbocycles. The van der Waals surface area contributed by atoms with Crippen LogP contribution in [0, 0.1) is 6.92 Å². The molecule has 0 bridgehead atoms. The fraction of sp³-hybridized carbons (Fsp3) is 0.429. The highest BCUT2D eigenvalue weighted by atomic mass is 16.5. The number of aryl methyl sites for hydroxylation is 1. The molecular formula is C14H19NO. The van der Waals surface area contributed by atoms with Gasteiger partial charge >= 0.3 is 0 Å². The molecule has 0 aliphatic heterocycles. The highest BCUT2D eigenvalue weighted by molar-refractivity contribution is 5.40. The normalized spacial score (nSPS) is 19.7. The van der Waals surface area contributed by atoms with Crippen LogP contribution in [0.25, 0.3) is 0 Å². The minimum absolute atomic E-state index is 0.255. The van der Waals surface area contributed by atoms with Crippen molar-refractivity contribution in [3.8, 4) is 5.75 Å². The van der Waals surface area contributed by atoms with E-state index in [-0.39, 0.29) is 6.04 Å². The molecule has 2 N–H and O–H groups in total. The largest absolute Gasteiger partial charge is 0.496 e. The Morgan fingerprint density at radius 2 is 2.25 bits per heavy atom. The van der Waals surface area contributed by atoms with Gasteiger partial charge in [0.05, 0.1) is 7.11 Å². The molecule has 0 heterocycles. The summed E-state index contributed by atoms with van der Waals surface area (Å²) >= 11 is 0. The molecule has 1 aliphatic rings. The number of allylic oxidation sites excluding steroid dienone is 1. The zero-order valence-electron chi connectivity index (χ0n) is 9.99. The number of benzene rings is 1. The fourth-order valence-electron chi connectivity index (χ4n) is 2.26. The third-order valence-corrected chi connectivity index (χ3v) is 3.10. The molecule has 0 aromatic heterocycles. The quantitative estimate of drug-likeness (QED) is 0.790. The van der Waals surface area contributed by atoms with Gasteiger partial charge in [0.1, 0.15) is 5.75 Å². The second-order valence-electron chi connectivity index (χ2n) is 4.52. The molecule has 2 rings (SSSR count). The molecule has 0 amide bonds. The summed E-state index contributed by atoms with van der Waals surface area (Å²) in [6.07, 6.45) is 5.38. The van der Waals surface area contributed by atoms with Gasteiger partial charge in [-0.2, -0.15) is 0 Å². The van der Waals surface area contributed by atoms with Gasteiger partial charge < -0.3 is 10.5 Å². The summed E-state index contributed by atoms with van der Waals surface area (Å²) in [5, 5.41) is 0. The van der Waals surface area contributed by atoms with Crippen LogP contribution in [0.4, 0.5) is 0 Å². The molecular weight excluding hydrogens is 198 g/mol. The topological polar surface area (TPSA) is 35.2 Å². The molecule has 0 radical (unpaired) electrons. The van der Waals surface area contributed by atoms with Crippen LogP contribution in [0.3, 0.4) is 0 Å². The van der Waals surface area contributed by atoms with Crippen LogP contribution in [0.5, 0.6) is 5.75 Å². The van der Waals surface area contributed by atoms with Gasteiger partial charge in [0.2, 0.25) is 0 Å². The van der Waals surface area contributed by atoms with Crippen molar-refractivity contribution in [1.82, 2.24) is 0 Å². The van der Waals surface area contributed by atoms with Gasteiger partial charge in [0, 0.05) is 6.04 Å². The van der Waals surface area contributed by atoms with Crippen LogP contribution in [0.1, 0.15) is 24.0 Å². The number of nitrogens with two attached hydrogens (primary N) is 1. The van der Waals surface area contributed by atoms with Crippen molar-refractivity contribution in [2.24, 2.45) is 5.73 Å². The van der Waals surface area contributed by atoms with E-state index in [1.54, 1.807) is 7.11 Å². The summed E-state index contributed by atoms with van der Waals surface area (Å²) in [6, 6.07) is 6.58. The van der Waals surface area contributed by atoms with Gasteiger partial charge in [-0.15, -0.1) is 0 Å². The smallest absolute Gasteiger partial charge is 0.122 e. The zero-order chi connectivity index (χ0) is 11.5. The van der Waals surface area contributed by atoms with Crippen molar-refractivity contribution in [3.63, 3.8) is 0 Å². The standard InChI is InChI=1S/C14H19NO/c1-10-3-6-14(16-2)12(7-10)8-11-4-5-13(15)9-11/h3,6-7,9,13H,4-5,8,15H2,1-2H3. The number of rotatable bonds is 3. The third kappa shape index (κ3) is 2.45. The molecule has 0 saturated carbocycles. The minimum atomic E-state index is 0.255. The Bertz CT molecular complexity index is 409. The number of hydrogen-bond donors (Lipinski definition) is 1. The molecule has 1 unspecified atom stereocenters. The molecule has 1 aromatic carbocycles. The molecule has 2 nitrogen and oxygen atoms in total. The second kappa shape index (κ2) is 4.71. The highest BCUT2D eigenvalue weighted by Gasteiger charge is 2.13. The Morgan fingerprint density at radius 1 is 1.44 bits per heavy atom. The first-order chi connectivity index (χ1) is 7.69. The van der Waals surface area contributed by atoms with E-state index in [1.165, 1.54) is 16.7 Å². The summed E-state index contributed by atoms with van der Waals surface area (Å²) in [7, 11) is 1.73. The molecule has 0 fully saturated rings. The molecule has 16 heavy (non-hydrogen) atoms. The van der Waals surface area contributed by atoms with E-state index in [2.05, 4.69) is 25.1 Å². The third-order valence-electron chi connectivity index (χ3n) is 3.10. The van der Waals surface area contributed by atoms with Crippen molar-refractivity contribution in [3.05, 3.63) is 41.0 Å². The first-order valence-corrected chi connectivity index (χ1v) is 5.77. The van der Waals surface area contributed by atoms with Crippen molar-refractivity contribution >= 4 is 0 Å². The summed E-state index contributed by atoms with van der Waals surface area (Å²) in [5.41, 5.74) is 9.86. The van der Waals surface area contributed by atoms with Crippen LogP contribution >= 0.6 is 0 Å². The summed E-state index contributed by atoms with van der Waals surface area (Å²) in [5.74, 6) is 0.979. The predicted molar refractivity (Wildman–Crippen MR) is 66.7 cm³/mol. The number of methoxy groups -OCH3 is 1. The lowest BCUT2D eigenvalue weighted by atomic mass is 10.0. The van der Waals surface area contributed by atoms with Crippen LogP contribution in [-0.4, -0.2) is 13.2 Å². The average molecular weight is 217 g/mol. The zero-order valence-corrected chi connectivity index (χ0v) is 9.99. The number of ether oxygens (including phenoxy) is 1. The Kier molecular flexibility index (Phi) is 3.30. The van der Waals surface area contributed by atoms with Crippen LogP contribution in [-0.2, 0) is 6.42 Å². The van der Waals surface area contributed by atoms with Crippen molar-refractivity contribution < 1.29 is 4.74 Å². The summed E-state index contributed by atoms with van der Waals surface area (Å²) in [6.45, 7) is 2.11. The second-order valence-corrected chi connectivity index (χ2v) is 4.52. The van der Waals surface area contributed by atoms with Crippen LogP contribution < -0.4 is 10.5 Å². The molecule has 1 atom stereocenters. The maximum Gasteiger partial charge on any atom is 0.122 e. The Labute approximate surface area is 97.1 Å². The van der Waals surface area contributed by atoms with Gasteiger partial charge in [-0.3, -0.25) is 0 Å². The fourth-order valence-corrected chi connectivity index (χ4v) is 2.26. The van der Waals surface area contributed by atoms with E-state index >= 15 is 0 Å². The number of hydrogen-bond acceptors (Lipinski definition) is 2. The van der Waals surface area contributed by atoms with E-state index in [9.17, 15) is 0 Å². The van der Waals surface area contributed by atoms with Gasteiger partial charge in [-0.05, 0) is 37.8 Å². The lowest BCUT2D eigenvalue weighted by Gasteiger charge is -2.09. The Balaban J connectivity index is 2.20. The van der Waals surface area contributed by atoms with Gasteiger partial charge in [0.25, 0.3) is 0 Å². The van der Waals surface area contributed by atoms with E-state index in [0.29, 0.717) is 0 Å². The first-order valence-electron chi connectivity index (χ1n) is 5.77. The van der Waals surface area contributed by atoms with Gasteiger partial charge in [0.15, 0.2) is 0 Å².